The van der Waals surface area contributed by atoms with Gasteiger partial charge in [0.1, 0.15) is 0 Å². The summed E-state index contributed by atoms with van der Waals surface area (Å²) in [4.78, 5) is 26.7. The number of carbonyl (C=O) groups excluding carboxylic acids is 2. The fraction of sp³-hybridized carbons (Fsp3) is 0.158. The van der Waals surface area contributed by atoms with Crippen LogP contribution in [0.4, 0.5) is 11.4 Å². The van der Waals surface area contributed by atoms with Gasteiger partial charge in [-0.05, 0) is 36.4 Å². The molecule has 0 bridgehead atoms. The minimum absolute atomic E-state index is 0.0622. The van der Waals surface area contributed by atoms with Crippen LogP contribution in [0.3, 0.4) is 0 Å². The van der Waals surface area contributed by atoms with E-state index in [4.69, 9.17) is 4.42 Å². The SMILES string of the molecule is O=C(Nc1cccc(-c2nnco2)c1)C1CC(=O)N(c2cccc(Br)c2)C1. The number of halogens is 1. The van der Waals surface area contributed by atoms with Crippen molar-refractivity contribution in [3.8, 4) is 11.5 Å². The van der Waals surface area contributed by atoms with Crippen LogP contribution >= 0.6 is 15.9 Å². The zero-order valence-corrected chi connectivity index (χ0v) is 15.7. The molecule has 0 spiro atoms. The molecule has 1 saturated heterocycles. The molecule has 1 N–H and O–H groups in total. The van der Waals surface area contributed by atoms with Crippen LogP contribution in [0.25, 0.3) is 11.5 Å². The van der Waals surface area contributed by atoms with E-state index in [1.165, 1.54) is 6.39 Å². The summed E-state index contributed by atoms with van der Waals surface area (Å²) in [6, 6.07) is 14.6. The number of nitrogens with zero attached hydrogens (tertiary/aromatic N) is 3. The molecule has 2 aromatic carbocycles. The smallest absolute Gasteiger partial charge is 0.247 e. The number of hydrogen-bond donors (Lipinski definition) is 1. The molecule has 8 heteroatoms. The van der Waals surface area contributed by atoms with Gasteiger partial charge < -0.3 is 14.6 Å². The molecule has 0 saturated carbocycles. The highest BCUT2D eigenvalue weighted by atomic mass is 79.9. The second-order valence-electron chi connectivity index (χ2n) is 6.20. The number of benzene rings is 2. The Morgan fingerprint density at radius 1 is 1.22 bits per heavy atom. The predicted octanol–water partition coefficient (Wildman–Crippen LogP) is 3.49. The van der Waals surface area contributed by atoms with Crippen molar-refractivity contribution >= 4 is 39.1 Å². The number of anilines is 2. The van der Waals surface area contributed by atoms with Gasteiger partial charge in [0, 0.05) is 34.4 Å². The molecule has 1 aromatic heterocycles. The lowest BCUT2D eigenvalue weighted by Crippen LogP contribution is -2.28. The fourth-order valence-corrected chi connectivity index (χ4v) is 3.44. The highest BCUT2D eigenvalue weighted by Crippen LogP contribution is 2.28. The summed E-state index contributed by atoms with van der Waals surface area (Å²) in [7, 11) is 0. The van der Waals surface area contributed by atoms with Gasteiger partial charge in [0.15, 0.2) is 0 Å². The average Bonchev–Trinajstić information content (AvgIpc) is 3.32. The first-order valence-corrected chi connectivity index (χ1v) is 9.13. The van der Waals surface area contributed by atoms with Crippen molar-refractivity contribution < 1.29 is 14.0 Å². The van der Waals surface area contributed by atoms with E-state index < -0.39 is 5.92 Å². The van der Waals surface area contributed by atoms with Gasteiger partial charge in [0.25, 0.3) is 0 Å². The van der Waals surface area contributed by atoms with Gasteiger partial charge in [-0.15, -0.1) is 10.2 Å². The zero-order valence-electron chi connectivity index (χ0n) is 14.1. The zero-order chi connectivity index (χ0) is 18.8. The lowest BCUT2D eigenvalue weighted by molar-refractivity contribution is -0.122. The molecule has 1 atom stereocenters. The van der Waals surface area contributed by atoms with Crippen molar-refractivity contribution in [2.24, 2.45) is 5.92 Å². The van der Waals surface area contributed by atoms with Crippen LogP contribution in [0.5, 0.6) is 0 Å². The highest BCUT2D eigenvalue weighted by molar-refractivity contribution is 9.10. The van der Waals surface area contributed by atoms with E-state index >= 15 is 0 Å². The molecule has 1 fully saturated rings. The standard InChI is InChI=1S/C19H15BrN4O3/c20-14-4-2-6-16(9-14)24-10-13(8-17(24)25)18(26)22-15-5-1-3-12(7-15)19-23-21-11-27-19/h1-7,9,11,13H,8,10H2,(H,22,26). The summed E-state index contributed by atoms with van der Waals surface area (Å²) in [5, 5.41) is 10.4. The summed E-state index contributed by atoms with van der Waals surface area (Å²) in [6.45, 7) is 0.352. The number of nitrogens with one attached hydrogen (secondary N) is 1. The molecule has 1 aliphatic heterocycles. The third-order valence-corrected chi connectivity index (χ3v) is 4.85. The van der Waals surface area contributed by atoms with Gasteiger partial charge in [-0.1, -0.05) is 28.1 Å². The van der Waals surface area contributed by atoms with Crippen LogP contribution in [0, 0.1) is 5.92 Å². The van der Waals surface area contributed by atoms with Crippen molar-refractivity contribution in [1.82, 2.24) is 10.2 Å². The van der Waals surface area contributed by atoms with Crippen molar-refractivity contribution in [1.29, 1.82) is 0 Å². The molecule has 3 aromatic rings. The Labute approximate surface area is 163 Å². The second kappa shape index (κ2) is 7.32. The quantitative estimate of drug-likeness (QED) is 0.689. The van der Waals surface area contributed by atoms with Crippen LogP contribution in [0.15, 0.2) is 63.8 Å². The Kier molecular flexibility index (Phi) is 4.72. The Morgan fingerprint density at radius 2 is 2.07 bits per heavy atom. The molecule has 7 nitrogen and oxygen atoms in total. The molecule has 0 radical (unpaired) electrons. The third kappa shape index (κ3) is 3.75. The van der Waals surface area contributed by atoms with E-state index in [0.29, 0.717) is 23.7 Å². The van der Waals surface area contributed by atoms with Crippen LogP contribution in [0.2, 0.25) is 0 Å². The number of rotatable bonds is 4. The molecule has 2 amide bonds. The van der Waals surface area contributed by atoms with E-state index in [0.717, 1.165) is 10.2 Å². The van der Waals surface area contributed by atoms with E-state index in [9.17, 15) is 9.59 Å². The Bertz CT molecular complexity index is 990. The summed E-state index contributed by atoms with van der Waals surface area (Å²) >= 11 is 3.41. The first-order chi connectivity index (χ1) is 13.1. The summed E-state index contributed by atoms with van der Waals surface area (Å²) in [5.41, 5.74) is 2.11. The van der Waals surface area contributed by atoms with Crippen LogP contribution in [-0.2, 0) is 9.59 Å². The number of carbonyl (C=O) groups is 2. The first-order valence-electron chi connectivity index (χ1n) is 8.33. The van der Waals surface area contributed by atoms with Gasteiger partial charge in [-0.2, -0.15) is 0 Å². The topological polar surface area (TPSA) is 88.3 Å². The predicted molar refractivity (Wildman–Crippen MR) is 103 cm³/mol. The molecule has 2 heterocycles. The van der Waals surface area contributed by atoms with Gasteiger partial charge in [0.05, 0.1) is 5.92 Å². The van der Waals surface area contributed by atoms with Gasteiger partial charge in [-0.3, -0.25) is 9.59 Å². The number of amides is 2. The Balaban J connectivity index is 1.46. The van der Waals surface area contributed by atoms with Crippen molar-refractivity contribution in [2.45, 2.75) is 6.42 Å². The number of aromatic nitrogens is 2. The van der Waals surface area contributed by atoms with Crippen LogP contribution < -0.4 is 10.2 Å². The molecule has 1 aliphatic rings. The lowest BCUT2D eigenvalue weighted by Gasteiger charge is -2.17. The van der Waals surface area contributed by atoms with Crippen molar-refractivity contribution in [2.75, 3.05) is 16.8 Å². The third-order valence-electron chi connectivity index (χ3n) is 4.35. The second-order valence-corrected chi connectivity index (χ2v) is 7.11. The van der Waals surface area contributed by atoms with Crippen molar-refractivity contribution in [3.63, 3.8) is 0 Å². The Morgan fingerprint density at radius 3 is 2.85 bits per heavy atom. The maximum absolute atomic E-state index is 12.7. The maximum Gasteiger partial charge on any atom is 0.247 e. The molecule has 0 aliphatic carbocycles. The van der Waals surface area contributed by atoms with Crippen LogP contribution in [-0.4, -0.2) is 28.6 Å². The lowest BCUT2D eigenvalue weighted by atomic mass is 10.1. The molecule has 27 heavy (non-hydrogen) atoms. The summed E-state index contributed by atoms with van der Waals surface area (Å²) in [6.07, 6.45) is 1.43. The fourth-order valence-electron chi connectivity index (χ4n) is 3.05. The summed E-state index contributed by atoms with van der Waals surface area (Å²) < 4.78 is 6.06. The largest absolute Gasteiger partial charge is 0.423 e. The van der Waals surface area contributed by atoms with Gasteiger partial charge in [-0.25, -0.2) is 0 Å². The highest BCUT2D eigenvalue weighted by Gasteiger charge is 2.35. The molecule has 1 unspecified atom stereocenters. The van der Waals surface area contributed by atoms with E-state index in [-0.39, 0.29) is 18.2 Å². The Hall–Kier alpha value is -3.00. The minimum Gasteiger partial charge on any atom is -0.423 e. The molecule has 4 rings (SSSR count). The van der Waals surface area contributed by atoms with E-state index in [2.05, 4.69) is 31.4 Å². The van der Waals surface area contributed by atoms with E-state index in [1.54, 1.807) is 23.1 Å². The maximum atomic E-state index is 12.7. The minimum atomic E-state index is -0.413. The van der Waals surface area contributed by atoms with Gasteiger partial charge >= 0.3 is 0 Å². The molecule has 136 valence electrons. The van der Waals surface area contributed by atoms with Crippen LogP contribution in [0.1, 0.15) is 6.42 Å². The normalized spacial score (nSPS) is 16.6. The number of hydrogen-bond acceptors (Lipinski definition) is 5. The monoisotopic (exact) mass is 426 g/mol. The first kappa shape index (κ1) is 17.4. The molecular weight excluding hydrogens is 412 g/mol. The average molecular weight is 427 g/mol. The van der Waals surface area contributed by atoms with Gasteiger partial charge in [0.2, 0.25) is 24.1 Å². The summed E-state index contributed by atoms with van der Waals surface area (Å²) in [5.74, 6) is -0.289. The van der Waals surface area contributed by atoms with E-state index in [1.807, 2.05) is 30.3 Å². The van der Waals surface area contributed by atoms with Crippen molar-refractivity contribution in [3.05, 3.63) is 59.4 Å². The molecular formula is C19H15BrN4O3.